The zero-order valence-electron chi connectivity index (χ0n) is 16.6. The van der Waals surface area contributed by atoms with Gasteiger partial charge in [0.1, 0.15) is 11.3 Å². The Labute approximate surface area is 174 Å². The number of rotatable bonds is 9. The predicted molar refractivity (Wildman–Crippen MR) is 118 cm³/mol. The van der Waals surface area contributed by atoms with Crippen LogP contribution in [0.5, 0.6) is 5.75 Å². The summed E-state index contributed by atoms with van der Waals surface area (Å²) in [5, 5.41) is 9.13. The van der Waals surface area contributed by atoms with Gasteiger partial charge in [0.25, 0.3) is 5.91 Å². The average Bonchev–Trinajstić information content (AvgIpc) is 3.36. The third-order valence-corrected chi connectivity index (χ3v) is 6.11. The van der Waals surface area contributed by atoms with E-state index in [-0.39, 0.29) is 5.91 Å². The Hall–Kier alpha value is -2.73. The number of carbonyl (C=O) groups excluding carboxylic acids is 1. The van der Waals surface area contributed by atoms with Crippen molar-refractivity contribution in [2.75, 3.05) is 6.61 Å². The lowest BCUT2D eigenvalue weighted by atomic mass is 10.1. The van der Waals surface area contributed by atoms with E-state index >= 15 is 0 Å². The summed E-state index contributed by atoms with van der Waals surface area (Å²) in [4.78, 5) is 13.6. The summed E-state index contributed by atoms with van der Waals surface area (Å²) < 4.78 is 8.34. The van der Waals surface area contributed by atoms with Gasteiger partial charge in [0.2, 0.25) is 0 Å². The summed E-state index contributed by atoms with van der Waals surface area (Å²) in [6.45, 7) is 2.97. The van der Waals surface area contributed by atoms with E-state index in [1.54, 1.807) is 0 Å². The molecule has 0 saturated heterocycles. The number of hydrogen-bond donors (Lipinski definition) is 0. The van der Waals surface area contributed by atoms with E-state index < -0.39 is 0 Å². The summed E-state index contributed by atoms with van der Waals surface area (Å²) in [7, 11) is 0. The van der Waals surface area contributed by atoms with Crippen molar-refractivity contribution in [1.82, 2.24) is 15.0 Å². The van der Waals surface area contributed by atoms with Gasteiger partial charge in [-0.05, 0) is 48.2 Å². The van der Waals surface area contributed by atoms with E-state index in [0.29, 0.717) is 10.4 Å². The molecule has 4 rings (SSSR count). The molecule has 0 bridgehead atoms. The number of para-hydroxylation sites is 1. The van der Waals surface area contributed by atoms with Gasteiger partial charge in [0.15, 0.2) is 0 Å². The van der Waals surface area contributed by atoms with Gasteiger partial charge < -0.3 is 4.74 Å². The van der Waals surface area contributed by atoms with Crippen LogP contribution in [0.4, 0.5) is 0 Å². The molecule has 150 valence electrons. The molecule has 5 nitrogen and oxygen atoms in total. The molecule has 0 saturated carbocycles. The van der Waals surface area contributed by atoms with E-state index in [9.17, 15) is 4.79 Å². The van der Waals surface area contributed by atoms with Crippen molar-refractivity contribution in [3.8, 4) is 5.75 Å². The number of fused-ring (bicyclic) bond motifs is 2. The van der Waals surface area contributed by atoms with Crippen molar-refractivity contribution in [2.45, 2.75) is 45.4 Å². The number of unbranched alkanes of at least 4 members (excludes halogenated alkanes) is 5. The minimum atomic E-state index is -0.158. The van der Waals surface area contributed by atoms with Crippen LogP contribution in [-0.2, 0) is 0 Å². The molecule has 0 unspecified atom stereocenters. The first-order chi connectivity index (χ1) is 14.3. The maximum Gasteiger partial charge on any atom is 0.290 e. The first kappa shape index (κ1) is 19.6. The molecule has 0 aliphatic rings. The van der Waals surface area contributed by atoms with Crippen LogP contribution in [0.3, 0.4) is 0 Å². The lowest BCUT2D eigenvalue weighted by molar-refractivity contribution is 0.0952. The van der Waals surface area contributed by atoms with E-state index in [4.69, 9.17) is 4.74 Å². The van der Waals surface area contributed by atoms with Gasteiger partial charge >= 0.3 is 0 Å². The molecule has 29 heavy (non-hydrogen) atoms. The highest BCUT2D eigenvalue weighted by atomic mass is 32.1. The number of aromatic nitrogens is 3. The molecule has 2 aromatic carbocycles. The van der Waals surface area contributed by atoms with Gasteiger partial charge in [-0.15, -0.1) is 16.4 Å². The van der Waals surface area contributed by atoms with Gasteiger partial charge in [0, 0.05) is 4.70 Å². The number of benzene rings is 2. The number of hydrogen-bond acceptors (Lipinski definition) is 5. The summed E-state index contributed by atoms with van der Waals surface area (Å²) in [5.74, 6) is 0.698. The first-order valence-electron chi connectivity index (χ1n) is 10.3. The van der Waals surface area contributed by atoms with Crippen molar-refractivity contribution >= 4 is 38.4 Å². The predicted octanol–water partition coefficient (Wildman–Crippen LogP) is 6.07. The number of thiophene rings is 1. The topological polar surface area (TPSA) is 57.0 Å². The maximum absolute atomic E-state index is 12.9. The zero-order chi connectivity index (χ0) is 20.1. The zero-order valence-corrected chi connectivity index (χ0v) is 17.5. The molecular formula is C23H25N3O2S. The van der Waals surface area contributed by atoms with Crippen LogP contribution in [0.25, 0.3) is 21.1 Å². The fraction of sp³-hybridized carbons (Fsp3) is 0.348. The number of carbonyl (C=O) groups is 1. The van der Waals surface area contributed by atoms with Crippen LogP contribution in [0.2, 0.25) is 0 Å². The molecular weight excluding hydrogens is 382 g/mol. The van der Waals surface area contributed by atoms with Gasteiger partial charge in [-0.2, -0.15) is 4.68 Å². The van der Waals surface area contributed by atoms with Crippen molar-refractivity contribution < 1.29 is 9.53 Å². The van der Waals surface area contributed by atoms with E-state index in [0.717, 1.165) is 34.4 Å². The minimum absolute atomic E-state index is 0.158. The van der Waals surface area contributed by atoms with E-state index in [1.807, 2.05) is 48.5 Å². The molecule has 2 heterocycles. The van der Waals surface area contributed by atoms with Gasteiger partial charge in [-0.3, -0.25) is 4.79 Å². The maximum atomic E-state index is 12.9. The molecule has 0 fully saturated rings. The molecule has 0 aliphatic heterocycles. The standard InChI is InChI=1S/C23H25N3O2S/c1-2-3-4-5-6-9-14-28-18-12-13-21-17(15-18)16-22(29-21)23(27)26-20-11-8-7-10-19(20)24-25-26/h7-8,10-13,15-16H,2-6,9,14H2,1H3. The number of ether oxygens (including phenoxy) is 1. The average molecular weight is 408 g/mol. The number of nitrogens with zero attached hydrogens (tertiary/aromatic N) is 3. The highest BCUT2D eigenvalue weighted by molar-refractivity contribution is 7.20. The Kier molecular flexibility index (Phi) is 6.20. The fourth-order valence-electron chi connectivity index (χ4n) is 3.41. The highest BCUT2D eigenvalue weighted by Crippen LogP contribution is 2.30. The van der Waals surface area contributed by atoms with Crippen molar-refractivity contribution in [1.29, 1.82) is 0 Å². The Bertz CT molecular complexity index is 1120. The van der Waals surface area contributed by atoms with Crippen LogP contribution < -0.4 is 4.74 Å². The summed E-state index contributed by atoms with van der Waals surface area (Å²) in [6.07, 6.45) is 7.48. The SMILES string of the molecule is CCCCCCCCOc1ccc2sc(C(=O)n3nnc4ccccc43)cc2c1. The Morgan fingerprint density at radius 3 is 2.76 bits per heavy atom. The lowest BCUT2D eigenvalue weighted by Crippen LogP contribution is -2.11. The normalized spacial score (nSPS) is 11.3. The second kappa shape index (κ2) is 9.18. The van der Waals surface area contributed by atoms with Gasteiger partial charge in [0.05, 0.1) is 17.0 Å². The second-order valence-electron chi connectivity index (χ2n) is 7.22. The molecule has 0 amide bonds. The Balaban J connectivity index is 1.42. The second-order valence-corrected chi connectivity index (χ2v) is 8.31. The fourth-order valence-corrected chi connectivity index (χ4v) is 4.38. The van der Waals surface area contributed by atoms with Crippen LogP contribution in [0, 0.1) is 0 Å². The molecule has 6 heteroatoms. The van der Waals surface area contributed by atoms with Crippen molar-refractivity contribution in [2.24, 2.45) is 0 Å². The van der Waals surface area contributed by atoms with E-state index in [2.05, 4.69) is 17.2 Å². The minimum Gasteiger partial charge on any atom is -0.494 e. The van der Waals surface area contributed by atoms with E-state index in [1.165, 1.54) is 48.1 Å². The Morgan fingerprint density at radius 1 is 1.03 bits per heavy atom. The molecule has 0 radical (unpaired) electrons. The molecule has 0 atom stereocenters. The summed E-state index contributed by atoms with van der Waals surface area (Å²) in [5.41, 5.74) is 1.44. The first-order valence-corrected chi connectivity index (χ1v) is 11.1. The van der Waals surface area contributed by atoms with Crippen LogP contribution >= 0.6 is 11.3 Å². The van der Waals surface area contributed by atoms with Gasteiger partial charge in [-0.25, -0.2) is 0 Å². The lowest BCUT2D eigenvalue weighted by Gasteiger charge is -2.06. The van der Waals surface area contributed by atoms with Crippen LogP contribution in [0.15, 0.2) is 48.5 Å². The molecule has 0 aliphatic carbocycles. The van der Waals surface area contributed by atoms with Crippen LogP contribution in [0.1, 0.15) is 55.1 Å². The largest absolute Gasteiger partial charge is 0.494 e. The quantitative estimate of drug-likeness (QED) is 0.316. The monoisotopic (exact) mass is 407 g/mol. The Morgan fingerprint density at radius 2 is 1.86 bits per heavy atom. The third kappa shape index (κ3) is 4.48. The summed E-state index contributed by atoms with van der Waals surface area (Å²) in [6, 6.07) is 15.4. The summed E-state index contributed by atoms with van der Waals surface area (Å²) >= 11 is 1.47. The highest BCUT2D eigenvalue weighted by Gasteiger charge is 2.17. The molecule has 0 N–H and O–H groups in total. The molecule has 4 aromatic rings. The molecule has 2 aromatic heterocycles. The smallest absolute Gasteiger partial charge is 0.290 e. The molecule has 0 spiro atoms. The van der Waals surface area contributed by atoms with Crippen LogP contribution in [-0.4, -0.2) is 27.5 Å². The third-order valence-electron chi connectivity index (χ3n) is 5.01. The van der Waals surface area contributed by atoms with Crippen molar-refractivity contribution in [3.05, 3.63) is 53.4 Å². The van der Waals surface area contributed by atoms with Crippen molar-refractivity contribution in [3.63, 3.8) is 0 Å². The van der Waals surface area contributed by atoms with Gasteiger partial charge in [-0.1, -0.05) is 56.4 Å².